The first-order chi connectivity index (χ1) is 14.3. The molecule has 2 heterocycles. The third kappa shape index (κ3) is 5.15. The third-order valence-electron chi connectivity index (χ3n) is 5.05. The van der Waals surface area contributed by atoms with Gasteiger partial charge in [0, 0.05) is 4.88 Å². The quantitative estimate of drug-likeness (QED) is 0.632. The van der Waals surface area contributed by atoms with Gasteiger partial charge in [-0.2, -0.15) is 0 Å². The average Bonchev–Trinajstić information content (AvgIpc) is 3.24. The molecule has 1 saturated heterocycles. The van der Waals surface area contributed by atoms with Gasteiger partial charge in [-0.15, -0.1) is 23.1 Å². The number of fused-ring (bicyclic) bond motifs is 1. The molecule has 1 fully saturated rings. The molecule has 10 heteroatoms. The number of thiophene rings is 1. The first-order valence-electron chi connectivity index (χ1n) is 9.97. The summed E-state index contributed by atoms with van der Waals surface area (Å²) in [5, 5.41) is 3.18. The van der Waals surface area contributed by atoms with E-state index in [0.29, 0.717) is 28.1 Å². The predicted octanol–water partition coefficient (Wildman–Crippen LogP) is 2.45. The van der Waals surface area contributed by atoms with E-state index in [1.54, 1.807) is 6.92 Å². The Labute approximate surface area is 183 Å². The van der Waals surface area contributed by atoms with Crippen LogP contribution in [0.3, 0.4) is 0 Å². The maximum atomic E-state index is 12.6. The second-order valence-corrected chi connectivity index (χ2v) is 9.53. The van der Waals surface area contributed by atoms with Gasteiger partial charge in [0.1, 0.15) is 11.5 Å². The van der Waals surface area contributed by atoms with E-state index < -0.39 is 23.9 Å². The van der Waals surface area contributed by atoms with Gasteiger partial charge in [-0.25, -0.2) is 4.79 Å². The molecule has 1 aliphatic carbocycles. The molecule has 3 rings (SSSR count). The van der Waals surface area contributed by atoms with Crippen molar-refractivity contribution in [3.63, 3.8) is 0 Å². The molecule has 2 aliphatic rings. The van der Waals surface area contributed by atoms with Crippen LogP contribution in [0, 0.1) is 5.92 Å². The number of thioether (sulfide) groups is 1. The van der Waals surface area contributed by atoms with Crippen molar-refractivity contribution in [2.24, 2.45) is 5.92 Å². The van der Waals surface area contributed by atoms with Crippen molar-refractivity contribution < 1.29 is 28.7 Å². The van der Waals surface area contributed by atoms with E-state index in [9.17, 15) is 19.2 Å². The van der Waals surface area contributed by atoms with Crippen molar-refractivity contribution in [2.45, 2.75) is 46.1 Å². The van der Waals surface area contributed by atoms with Crippen molar-refractivity contribution in [2.75, 3.05) is 30.1 Å². The fraction of sp³-hybridized carbons (Fsp3) is 0.600. The Hall–Kier alpha value is -2.07. The van der Waals surface area contributed by atoms with Crippen molar-refractivity contribution in [1.29, 1.82) is 0 Å². The number of carbonyl (C=O) groups is 4. The molecule has 2 atom stereocenters. The smallest absolute Gasteiger partial charge is 0.341 e. The summed E-state index contributed by atoms with van der Waals surface area (Å²) in [6.07, 6.45) is 1.54. The summed E-state index contributed by atoms with van der Waals surface area (Å²) in [5.41, 5.74) is 1.36. The van der Waals surface area contributed by atoms with Crippen LogP contribution < -0.4 is 5.32 Å². The van der Waals surface area contributed by atoms with E-state index >= 15 is 0 Å². The van der Waals surface area contributed by atoms with Crippen LogP contribution in [0.25, 0.3) is 0 Å². The number of anilines is 1. The van der Waals surface area contributed by atoms with Crippen molar-refractivity contribution in [1.82, 2.24) is 4.90 Å². The maximum Gasteiger partial charge on any atom is 0.341 e. The zero-order valence-electron chi connectivity index (χ0n) is 17.3. The average molecular weight is 455 g/mol. The summed E-state index contributed by atoms with van der Waals surface area (Å²) in [6, 6.07) is 0. The normalized spacial score (nSPS) is 19.2. The number of hydrogen-bond donors (Lipinski definition) is 1. The molecule has 1 aromatic rings. The Morgan fingerprint density at radius 2 is 2.10 bits per heavy atom. The molecule has 0 radical (unpaired) electrons. The van der Waals surface area contributed by atoms with E-state index in [0.717, 1.165) is 29.7 Å². The summed E-state index contributed by atoms with van der Waals surface area (Å²) in [7, 11) is 0. The molecule has 1 aliphatic heterocycles. The molecule has 0 bridgehead atoms. The van der Waals surface area contributed by atoms with Crippen LogP contribution >= 0.6 is 23.1 Å². The summed E-state index contributed by atoms with van der Waals surface area (Å²) >= 11 is 2.81. The van der Waals surface area contributed by atoms with E-state index in [1.165, 1.54) is 34.9 Å². The van der Waals surface area contributed by atoms with Gasteiger partial charge in [-0.05, 0) is 44.6 Å². The molecule has 0 saturated carbocycles. The van der Waals surface area contributed by atoms with Crippen molar-refractivity contribution in [3.05, 3.63) is 16.0 Å². The van der Waals surface area contributed by atoms with Gasteiger partial charge >= 0.3 is 11.9 Å². The minimum atomic E-state index is -1.06. The van der Waals surface area contributed by atoms with Crippen molar-refractivity contribution >= 4 is 51.9 Å². The molecule has 2 amide bonds. The highest BCUT2D eigenvalue weighted by Gasteiger charge is 2.31. The number of rotatable bonds is 7. The predicted molar refractivity (Wildman–Crippen MR) is 115 cm³/mol. The molecule has 8 nitrogen and oxygen atoms in total. The van der Waals surface area contributed by atoms with Crippen molar-refractivity contribution in [3.8, 4) is 0 Å². The van der Waals surface area contributed by atoms with Crippen LogP contribution in [-0.4, -0.2) is 59.5 Å². The molecular formula is C20H26N2O6S2. The fourth-order valence-electron chi connectivity index (χ4n) is 3.46. The molecule has 0 spiro atoms. The number of nitrogens with zero attached hydrogens (tertiary/aromatic N) is 1. The Morgan fingerprint density at radius 1 is 1.33 bits per heavy atom. The molecule has 1 aromatic heterocycles. The molecular weight excluding hydrogens is 428 g/mol. The van der Waals surface area contributed by atoms with Gasteiger partial charge in [-0.1, -0.05) is 6.92 Å². The van der Waals surface area contributed by atoms with Gasteiger partial charge in [0.25, 0.3) is 5.91 Å². The monoisotopic (exact) mass is 454 g/mol. The Balaban J connectivity index is 1.68. The Bertz CT molecular complexity index is 853. The molecule has 30 heavy (non-hydrogen) atoms. The van der Waals surface area contributed by atoms with Gasteiger partial charge in [-0.3, -0.25) is 14.4 Å². The maximum absolute atomic E-state index is 12.6. The zero-order chi connectivity index (χ0) is 21.8. The standard InChI is InChI=1S/C20H26N2O6S2/c1-4-27-20(26)17-13-6-5-11(2)7-14(13)30-19(17)21-18(25)12(3)28-16(24)8-22-10-29-9-15(22)23/h11-12H,4-10H2,1-3H3,(H,21,25). The van der Waals surface area contributed by atoms with E-state index in [4.69, 9.17) is 9.47 Å². The lowest BCUT2D eigenvalue weighted by molar-refractivity contribution is -0.155. The molecule has 164 valence electrons. The van der Waals surface area contributed by atoms with E-state index in [1.807, 2.05) is 0 Å². The van der Waals surface area contributed by atoms with Crippen LogP contribution in [0.1, 0.15) is 48.0 Å². The highest BCUT2D eigenvalue weighted by atomic mass is 32.2. The summed E-state index contributed by atoms with van der Waals surface area (Å²) in [4.78, 5) is 51.4. The minimum Gasteiger partial charge on any atom is -0.462 e. The summed E-state index contributed by atoms with van der Waals surface area (Å²) < 4.78 is 10.4. The lowest BCUT2D eigenvalue weighted by Gasteiger charge is -2.18. The van der Waals surface area contributed by atoms with Gasteiger partial charge in [0.15, 0.2) is 6.10 Å². The topological polar surface area (TPSA) is 102 Å². The van der Waals surface area contributed by atoms with Gasteiger partial charge < -0.3 is 19.7 Å². The number of amides is 2. The van der Waals surface area contributed by atoms with E-state index in [-0.39, 0.29) is 19.1 Å². The Morgan fingerprint density at radius 3 is 2.77 bits per heavy atom. The molecule has 2 unspecified atom stereocenters. The van der Waals surface area contributed by atoms with Crippen LogP contribution in [0.5, 0.6) is 0 Å². The van der Waals surface area contributed by atoms with Crippen LogP contribution in [0.2, 0.25) is 0 Å². The lowest BCUT2D eigenvalue weighted by Crippen LogP contribution is -2.36. The second-order valence-electron chi connectivity index (χ2n) is 7.47. The highest BCUT2D eigenvalue weighted by molar-refractivity contribution is 8.00. The highest BCUT2D eigenvalue weighted by Crippen LogP contribution is 2.40. The fourth-order valence-corrected chi connectivity index (χ4v) is 5.76. The molecule has 1 N–H and O–H groups in total. The Kier molecular flexibility index (Phi) is 7.41. The van der Waals surface area contributed by atoms with Gasteiger partial charge in [0.2, 0.25) is 5.91 Å². The number of esters is 2. The SMILES string of the molecule is CCOC(=O)c1c(NC(=O)C(C)OC(=O)CN2CSCC2=O)sc2c1CCC(C)C2. The minimum absolute atomic E-state index is 0.119. The largest absolute Gasteiger partial charge is 0.462 e. The van der Waals surface area contributed by atoms with Crippen LogP contribution in [0.4, 0.5) is 5.00 Å². The number of hydrogen-bond acceptors (Lipinski definition) is 8. The third-order valence-corrected chi connectivity index (χ3v) is 7.17. The molecule has 0 aromatic carbocycles. The van der Waals surface area contributed by atoms with Gasteiger partial charge in [0.05, 0.1) is 23.8 Å². The van der Waals surface area contributed by atoms with E-state index in [2.05, 4.69) is 12.2 Å². The number of carbonyl (C=O) groups excluding carboxylic acids is 4. The first kappa shape index (κ1) is 22.6. The lowest BCUT2D eigenvalue weighted by atomic mass is 9.88. The first-order valence-corrected chi connectivity index (χ1v) is 11.9. The zero-order valence-corrected chi connectivity index (χ0v) is 19.0. The van der Waals surface area contributed by atoms with Crippen LogP contribution in [-0.2, 0) is 36.7 Å². The number of nitrogens with one attached hydrogen (secondary N) is 1. The van der Waals surface area contributed by atoms with Crippen LogP contribution in [0.15, 0.2) is 0 Å². The summed E-state index contributed by atoms with van der Waals surface area (Å²) in [5.74, 6) is -0.429. The second kappa shape index (κ2) is 9.82. The number of ether oxygens (including phenoxy) is 2. The summed E-state index contributed by atoms with van der Waals surface area (Å²) in [6.45, 7) is 5.43.